The molecule has 192 valence electrons. The third kappa shape index (κ3) is 5.52. The number of hydrogen-bond donors (Lipinski definition) is 2. The lowest BCUT2D eigenvalue weighted by Gasteiger charge is -2.28. The second-order valence-corrected chi connectivity index (χ2v) is 9.96. The molecular formula is C27H36N6O3. The summed E-state index contributed by atoms with van der Waals surface area (Å²) in [5.74, 6) is 0.603. The molecule has 2 aliphatic carbocycles. The van der Waals surface area contributed by atoms with Gasteiger partial charge in [0.05, 0.1) is 18.6 Å². The first-order chi connectivity index (χ1) is 17.6. The Labute approximate surface area is 211 Å². The molecule has 1 aliphatic heterocycles. The Morgan fingerprint density at radius 2 is 2.00 bits per heavy atom. The van der Waals surface area contributed by atoms with Crippen LogP contribution in [-0.2, 0) is 4.74 Å². The molecule has 2 N–H and O–H groups in total. The van der Waals surface area contributed by atoms with Gasteiger partial charge in [-0.2, -0.15) is 4.98 Å². The SMILES string of the molecule is CNC(=O)c1cn(C2CCCCC2)c2nc(NC3=CCC(CCN4CCOCC4)C=C3)ncc2c1=O. The van der Waals surface area contributed by atoms with Crippen LogP contribution in [-0.4, -0.2) is 65.2 Å². The fourth-order valence-electron chi connectivity index (χ4n) is 5.40. The molecule has 3 aliphatic rings. The number of nitrogens with one attached hydrogen (secondary N) is 2. The van der Waals surface area contributed by atoms with E-state index in [4.69, 9.17) is 9.72 Å². The summed E-state index contributed by atoms with van der Waals surface area (Å²) in [5, 5.41) is 6.29. The molecule has 2 aromatic rings. The van der Waals surface area contributed by atoms with Gasteiger partial charge in [0.15, 0.2) is 0 Å². The van der Waals surface area contributed by atoms with Crippen molar-refractivity contribution in [3.05, 3.63) is 52.1 Å². The fraction of sp³-hybridized carbons (Fsp3) is 0.556. The van der Waals surface area contributed by atoms with Crippen LogP contribution < -0.4 is 16.1 Å². The zero-order chi connectivity index (χ0) is 24.9. The fourth-order valence-corrected chi connectivity index (χ4v) is 5.40. The van der Waals surface area contributed by atoms with Crippen molar-refractivity contribution in [3.8, 4) is 0 Å². The van der Waals surface area contributed by atoms with Crippen molar-refractivity contribution in [2.45, 2.75) is 51.0 Å². The molecule has 1 atom stereocenters. The first kappa shape index (κ1) is 24.6. The predicted molar refractivity (Wildman–Crippen MR) is 140 cm³/mol. The van der Waals surface area contributed by atoms with Crippen LogP contribution in [0.5, 0.6) is 0 Å². The number of ether oxygens (including phenoxy) is 1. The number of carbonyl (C=O) groups is 1. The molecule has 5 rings (SSSR count). The topological polar surface area (TPSA) is 101 Å². The minimum absolute atomic E-state index is 0.140. The van der Waals surface area contributed by atoms with Gasteiger partial charge in [-0.05, 0) is 44.2 Å². The zero-order valence-electron chi connectivity index (χ0n) is 21.0. The highest BCUT2D eigenvalue weighted by Gasteiger charge is 2.22. The van der Waals surface area contributed by atoms with Gasteiger partial charge in [0, 0.05) is 44.3 Å². The predicted octanol–water partition coefficient (Wildman–Crippen LogP) is 3.25. The summed E-state index contributed by atoms with van der Waals surface area (Å²) in [6.45, 7) is 4.81. The number of fused-ring (bicyclic) bond motifs is 1. The van der Waals surface area contributed by atoms with Gasteiger partial charge in [0.1, 0.15) is 11.2 Å². The quantitative estimate of drug-likeness (QED) is 0.612. The van der Waals surface area contributed by atoms with Crippen LogP contribution in [0.3, 0.4) is 0 Å². The average molecular weight is 493 g/mol. The Morgan fingerprint density at radius 1 is 1.19 bits per heavy atom. The molecule has 1 unspecified atom stereocenters. The number of nitrogens with zero attached hydrogens (tertiary/aromatic N) is 4. The van der Waals surface area contributed by atoms with Crippen molar-refractivity contribution in [3.63, 3.8) is 0 Å². The normalized spacial score (nSPS) is 21.4. The molecule has 1 saturated heterocycles. The molecule has 0 radical (unpaired) electrons. The summed E-state index contributed by atoms with van der Waals surface area (Å²) in [6.07, 6.45) is 17.4. The lowest BCUT2D eigenvalue weighted by Crippen LogP contribution is -2.37. The Morgan fingerprint density at radius 3 is 2.72 bits per heavy atom. The first-order valence-corrected chi connectivity index (χ1v) is 13.2. The smallest absolute Gasteiger partial charge is 0.256 e. The largest absolute Gasteiger partial charge is 0.379 e. The van der Waals surface area contributed by atoms with E-state index in [0.29, 0.717) is 22.9 Å². The molecule has 9 heteroatoms. The second kappa shape index (κ2) is 11.3. The van der Waals surface area contributed by atoms with E-state index in [1.807, 2.05) is 4.57 Å². The molecule has 2 fully saturated rings. The number of pyridine rings is 1. The molecule has 9 nitrogen and oxygen atoms in total. The van der Waals surface area contributed by atoms with Crippen molar-refractivity contribution in [1.82, 2.24) is 24.8 Å². The van der Waals surface area contributed by atoms with Crippen molar-refractivity contribution in [2.24, 2.45) is 5.92 Å². The van der Waals surface area contributed by atoms with Gasteiger partial charge in [0.25, 0.3) is 5.91 Å². The molecule has 36 heavy (non-hydrogen) atoms. The average Bonchev–Trinajstić information content (AvgIpc) is 2.93. The van der Waals surface area contributed by atoms with E-state index in [1.54, 1.807) is 19.4 Å². The summed E-state index contributed by atoms with van der Waals surface area (Å²) >= 11 is 0. The summed E-state index contributed by atoms with van der Waals surface area (Å²) in [4.78, 5) is 37.1. The van der Waals surface area contributed by atoms with Crippen LogP contribution in [0.2, 0.25) is 0 Å². The monoisotopic (exact) mass is 492 g/mol. The third-order valence-corrected chi connectivity index (χ3v) is 7.57. The van der Waals surface area contributed by atoms with E-state index in [9.17, 15) is 9.59 Å². The van der Waals surface area contributed by atoms with Gasteiger partial charge in [-0.25, -0.2) is 4.98 Å². The van der Waals surface area contributed by atoms with Crippen molar-refractivity contribution in [1.29, 1.82) is 0 Å². The molecule has 1 saturated carbocycles. The molecular weight excluding hydrogens is 456 g/mol. The molecule has 0 aromatic carbocycles. The molecule has 1 amide bonds. The second-order valence-electron chi connectivity index (χ2n) is 9.96. The maximum atomic E-state index is 13.1. The molecule has 0 bridgehead atoms. The Bertz CT molecular complexity index is 1210. The van der Waals surface area contributed by atoms with E-state index in [1.165, 1.54) is 6.42 Å². The number of morpholine rings is 1. The maximum Gasteiger partial charge on any atom is 0.256 e. The van der Waals surface area contributed by atoms with E-state index in [-0.39, 0.29) is 22.9 Å². The standard InChI is InChI=1S/C27H36N6O3/c1-28-26(35)23-18-33(21-5-3-2-4-6-21)25-22(24(23)34)17-29-27(31-25)30-20-9-7-19(8-10-20)11-12-32-13-15-36-16-14-32/h7,9-10,17-19,21H,2-6,8,11-16H2,1H3,(H,28,35)(H,29,30,31). The lowest BCUT2D eigenvalue weighted by molar-refractivity contribution is 0.0361. The van der Waals surface area contributed by atoms with Crippen molar-refractivity contribution >= 4 is 22.9 Å². The molecule has 3 heterocycles. The number of anilines is 1. The number of hydrogen-bond acceptors (Lipinski definition) is 7. The van der Waals surface area contributed by atoms with Crippen LogP contribution in [0.4, 0.5) is 5.95 Å². The van der Waals surface area contributed by atoms with E-state index < -0.39 is 0 Å². The minimum atomic E-state index is -0.380. The number of amides is 1. The number of carbonyl (C=O) groups excluding carboxylic acids is 1. The molecule has 0 spiro atoms. The van der Waals surface area contributed by atoms with Gasteiger partial charge in [-0.15, -0.1) is 0 Å². The summed E-state index contributed by atoms with van der Waals surface area (Å²) in [5.41, 5.74) is 1.36. The highest BCUT2D eigenvalue weighted by atomic mass is 16.5. The highest BCUT2D eigenvalue weighted by Crippen LogP contribution is 2.30. The van der Waals surface area contributed by atoms with Crippen LogP contribution in [0.15, 0.2) is 41.1 Å². The summed E-state index contributed by atoms with van der Waals surface area (Å²) in [7, 11) is 1.54. The maximum absolute atomic E-state index is 13.1. The van der Waals surface area contributed by atoms with Crippen LogP contribution in [0.1, 0.15) is 61.3 Å². The summed E-state index contributed by atoms with van der Waals surface area (Å²) < 4.78 is 7.46. The number of allylic oxidation sites excluding steroid dienone is 3. The van der Waals surface area contributed by atoms with Gasteiger partial charge >= 0.3 is 0 Å². The summed E-state index contributed by atoms with van der Waals surface area (Å²) in [6, 6.07) is 0.217. The van der Waals surface area contributed by atoms with Crippen molar-refractivity contribution in [2.75, 3.05) is 45.2 Å². The van der Waals surface area contributed by atoms with Gasteiger partial charge < -0.3 is 19.9 Å². The zero-order valence-corrected chi connectivity index (χ0v) is 21.0. The van der Waals surface area contributed by atoms with Gasteiger partial charge in [-0.1, -0.05) is 31.4 Å². The van der Waals surface area contributed by atoms with Crippen LogP contribution >= 0.6 is 0 Å². The Balaban J connectivity index is 1.33. The highest BCUT2D eigenvalue weighted by molar-refractivity contribution is 5.96. The molecule has 2 aromatic heterocycles. The van der Waals surface area contributed by atoms with E-state index in [0.717, 1.165) is 77.1 Å². The first-order valence-electron chi connectivity index (χ1n) is 13.2. The van der Waals surface area contributed by atoms with Gasteiger partial charge in [0.2, 0.25) is 11.4 Å². The lowest BCUT2D eigenvalue weighted by atomic mass is 9.95. The number of rotatable bonds is 7. The number of aromatic nitrogens is 3. The Kier molecular flexibility index (Phi) is 7.77. The van der Waals surface area contributed by atoms with E-state index >= 15 is 0 Å². The third-order valence-electron chi connectivity index (χ3n) is 7.57. The van der Waals surface area contributed by atoms with Gasteiger partial charge in [-0.3, -0.25) is 14.5 Å². The van der Waals surface area contributed by atoms with Crippen molar-refractivity contribution < 1.29 is 9.53 Å². The minimum Gasteiger partial charge on any atom is -0.379 e. The van der Waals surface area contributed by atoms with E-state index in [2.05, 4.69) is 38.7 Å². The van der Waals surface area contributed by atoms with Crippen LogP contribution in [0, 0.1) is 5.92 Å². The Hall–Kier alpha value is -3.04. The van der Waals surface area contributed by atoms with Crippen LogP contribution in [0.25, 0.3) is 11.0 Å².